The van der Waals surface area contributed by atoms with E-state index in [1.807, 2.05) is 0 Å². The average Bonchev–Trinajstić information content (AvgIpc) is 2.45. The Morgan fingerprint density at radius 1 is 1.32 bits per heavy atom. The van der Waals surface area contributed by atoms with Crippen LogP contribution < -0.4 is 10.6 Å². The summed E-state index contributed by atoms with van der Waals surface area (Å²) in [6, 6.07) is 0. The Hall–Kier alpha value is -0.360. The molecule has 6 heteroatoms. The van der Waals surface area contributed by atoms with Gasteiger partial charge in [-0.2, -0.15) is 0 Å². The minimum Gasteiger partial charge on any atom is -0.368 e. The standard InChI is InChI=1S/C13H25N3O2.ClH/c17-13(12-4-1-2-11-18-12)15-5-3-8-16-9-6-14-7-10-16;/h12,14H,1-11H2,(H,15,17);1H. The van der Waals surface area contributed by atoms with Gasteiger partial charge in [0.15, 0.2) is 0 Å². The van der Waals surface area contributed by atoms with Crippen LogP contribution in [0.5, 0.6) is 0 Å². The number of carbonyl (C=O) groups excluding carboxylic acids is 1. The molecule has 19 heavy (non-hydrogen) atoms. The van der Waals surface area contributed by atoms with Gasteiger partial charge in [-0.25, -0.2) is 0 Å². The third-order valence-corrected chi connectivity index (χ3v) is 3.63. The van der Waals surface area contributed by atoms with Crippen molar-refractivity contribution in [3.63, 3.8) is 0 Å². The average molecular weight is 292 g/mol. The zero-order valence-electron chi connectivity index (χ0n) is 11.5. The lowest BCUT2D eigenvalue weighted by atomic mass is 10.1. The van der Waals surface area contributed by atoms with Crippen molar-refractivity contribution in [3.8, 4) is 0 Å². The van der Waals surface area contributed by atoms with Crippen LogP contribution in [0.2, 0.25) is 0 Å². The Balaban J connectivity index is 0.00000180. The van der Waals surface area contributed by atoms with Gasteiger partial charge in [-0.05, 0) is 32.2 Å². The highest BCUT2D eigenvalue weighted by atomic mass is 35.5. The van der Waals surface area contributed by atoms with Gasteiger partial charge in [0.05, 0.1) is 0 Å². The Morgan fingerprint density at radius 2 is 2.11 bits per heavy atom. The predicted octanol–water partition coefficient (Wildman–Crippen LogP) is 0.389. The summed E-state index contributed by atoms with van der Waals surface area (Å²) < 4.78 is 5.46. The molecule has 1 amide bonds. The highest BCUT2D eigenvalue weighted by Crippen LogP contribution is 2.12. The van der Waals surface area contributed by atoms with Crippen LogP contribution in [0.25, 0.3) is 0 Å². The summed E-state index contributed by atoms with van der Waals surface area (Å²) in [5.41, 5.74) is 0. The molecule has 0 radical (unpaired) electrons. The van der Waals surface area contributed by atoms with Crippen LogP contribution in [0.15, 0.2) is 0 Å². The van der Waals surface area contributed by atoms with Gasteiger partial charge in [0.2, 0.25) is 5.91 Å². The van der Waals surface area contributed by atoms with Crippen LogP contribution in [0, 0.1) is 0 Å². The molecule has 5 nitrogen and oxygen atoms in total. The second-order valence-electron chi connectivity index (χ2n) is 5.09. The van der Waals surface area contributed by atoms with Gasteiger partial charge in [-0.15, -0.1) is 12.4 Å². The topological polar surface area (TPSA) is 53.6 Å². The minimum absolute atomic E-state index is 0. The molecule has 0 aromatic rings. The van der Waals surface area contributed by atoms with Crippen LogP contribution in [-0.4, -0.2) is 62.8 Å². The fourth-order valence-electron chi connectivity index (χ4n) is 2.51. The Morgan fingerprint density at radius 3 is 2.79 bits per heavy atom. The fourth-order valence-corrected chi connectivity index (χ4v) is 2.51. The summed E-state index contributed by atoms with van der Waals surface area (Å²) in [6.07, 6.45) is 3.91. The van der Waals surface area contributed by atoms with E-state index in [2.05, 4.69) is 15.5 Å². The van der Waals surface area contributed by atoms with Crippen LogP contribution >= 0.6 is 12.4 Å². The first kappa shape index (κ1) is 16.7. The van der Waals surface area contributed by atoms with Gasteiger partial charge in [0.1, 0.15) is 6.10 Å². The molecule has 2 N–H and O–H groups in total. The molecule has 0 aliphatic carbocycles. The molecular formula is C13H26ClN3O2. The lowest BCUT2D eigenvalue weighted by Gasteiger charge is -2.27. The Bertz CT molecular complexity index is 254. The number of ether oxygens (including phenoxy) is 1. The van der Waals surface area contributed by atoms with E-state index < -0.39 is 0 Å². The largest absolute Gasteiger partial charge is 0.368 e. The van der Waals surface area contributed by atoms with Crippen molar-refractivity contribution < 1.29 is 9.53 Å². The monoisotopic (exact) mass is 291 g/mol. The number of nitrogens with zero attached hydrogens (tertiary/aromatic N) is 1. The van der Waals surface area contributed by atoms with Crippen LogP contribution in [0.1, 0.15) is 25.7 Å². The van der Waals surface area contributed by atoms with Gasteiger partial charge in [0.25, 0.3) is 0 Å². The van der Waals surface area contributed by atoms with Crippen molar-refractivity contribution in [2.75, 3.05) is 45.9 Å². The highest BCUT2D eigenvalue weighted by Gasteiger charge is 2.21. The first-order valence-corrected chi connectivity index (χ1v) is 7.18. The highest BCUT2D eigenvalue weighted by molar-refractivity contribution is 5.85. The van der Waals surface area contributed by atoms with Crippen molar-refractivity contribution in [3.05, 3.63) is 0 Å². The molecule has 112 valence electrons. The number of halogens is 1. The molecular weight excluding hydrogens is 266 g/mol. The zero-order chi connectivity index (χ0) is 12.6. The molecule has 2 aliphatic rings. The lowest BCUT2D eigenvalue weighted by Crippen LogP contribution is -2.44. The van der Waals surface area contributed by atoms with E-state index in [0.717, 1.165) is 71.6 Å². The van der Waals surface area contributed by atoms with Gasteiger partial charge in [0, 0.05) is 39.3 Å². The maximum Gasteiger partial charge on any atom is 0.249 e. The molecule has 0 bridgehead atoms. The van der Waals surface area contributed by atoms with E-state index in [1.165, 1.54) is 0 Å². The quantitative estimate of drug-likeness (QED) is 0.720. The summed E-state index contributed by atoms with van der Waals surface area (Å²) in [5.74, 6) is 0.0787. The fraction of sp³-hybridized carbons (Fsp3) is 0.923. The van der Waals surface area contributed by atoms with E-state index in [9.17, 15) is 4.79 Å². The SMILES string of the molecule is Cl.O=C(NCCCN1CCNCC1)C1CCCCO1. The Kier molecular flexibility index (Phi) is 8.37. The smallest absolute Gasteiger partial charge is 0.249 e. The van der Waals surface area contributed by atoms with Crippen molar-refractivity contribution >= 4 is 18.3 Å². The normalized spacial score (nSPS) is 24.5. The Labute approximate surface area is 121 Å². The molecule has 0 saturated carbocycles. The lowest BCUT2D eigenvalue weighted by molar-refractivity contribution is -0.135. The molecule has 1 atom stereocenters. The molecule has 2 heterocycles. The number of carbonyl (C=O) groups is 1. The predicted molar refractivity (Wildman–Crippen MR) is 77.8 cm³/mol. The molecule has 0 aromatic carbocycles. The maximum absolute atomic E-state index is 11.8. The first-order chi connectivity index (χ1) is 8.86. The minimum atomic E-state index is -0.196. The maximum atomic E-state index is 11.8. The number of nitrogens with one attached hydrogen (secondary N) is 2. The summed E-state index contributed by atoms with van der Waals surface area (Å²) in [6.45, 7) is 7.00. The first-order valence-electron chi connectivity index (χ1n) is 7.18. The summed E-state index contributed by atoms with van der Waals surface area (Å²) in [7, 11) is 0. The third kappa shape index (κ3) is 6.08. The summed E-state index contributed by atoms with van der Waals surface area (Å²) in [5, 5.41) is 6.32. The van der Waals surface area contributed by atoms with Crippen molar-refractivity contribution in [1.82, 2.24) is 15.5 Å². The van der Waals surface area contributed by atoms with E-state index in [1.54, 1.807) is 0 Å². The van der Waals surface area contributed by atoms with Gasteiger partial charge < -0.3 is 20.3 Å². The number of hydrogen-bond acceptors (Lipinski definition) is 4. The molecule has 0 aromatic heterocycles. The molecule has 2 aliphatic heterocycles. The number of rotatable bonds is 5. The molecule has 2 fully saturated rings. The van der Waals surface area contributed by atoms with Gasteiger partial charge >= 0.3 is 0 Å². The zero-order valence-corrected chi connectivity index (χ0v) is 12.3. The van der Waals surface area contributed by atoms with E-state index in [-0.39, 0.29) is 24.4 Å². The number of amides is 1. The van der Waals surface area contributed by atoms with Crippen molar-refractivity contribution in [2.24, 2.45) is 0 Å². The molecule has 2 rings (SSSR count). The van der Waals surface area contributed by atoms with Crippen molar-refractivity contribution in [1.29, 1.82) is 0 Å². The molecule has 0 spiro atoms. The van der Waals surface area contributed by atoms with Crippen LogP contribution in [0.3, 0.4) is 0 Å². The molecule has 1 unspecified atom stereocenters. The van der Waals surface area contributed by atoms with Gasteiger partial charge in [-0.1, -0.05) is 0 Å². The number of hydrogen-bond donors (Lipinski definition) is 2. The second kappa shape index (κ2) is 9.53. The third-order valence-electron chi connectivity index (χ3n) is 3.63. The van der Waals surface area contributed by atoms with E-state index in [4.69, 9.17) is 4.74 Å². The summed E-state index contributed by atoms with van der Waals surface area (Å²) in [4.78, 5) is 14.2. The van der Waals surface area contributed by atoms with Crippen LogP contribution in [0.4, 0.5) is 0 Å². The van der Waals surface area contributed by atoms with E-state index in [0.29, 0.717) is 0 Å². The molecule has 2 saturated heterocycles. The van der Waals surface area contributed by atoms with Gasteiger partial charge in [-0.3, -0.25) is 4.79 Å². The number of piperazine rings is 1. The second-order valence-corrected chi connectivity index (χ2v) is 5.09. The van der Waals surface area contributed by atoms with Crippen molar-refractivity contribution in [2.45, 2.75) is 31.8 Å². The van der Waals surface area contributed by atoms with Crippen LogP contribution in [-0.2, 0) is 9.53 Å². The summed E-state index contributed by atoms with van der Waals surface area (Å²) >= 11 is 0. The van der Waals surface area contributed by atoms with E-state index >= 15 is 0 Å².